The molecule has 5 rings (SSSR count). The number of allylic oxidation sites excluding steroid dienone is 1. The van der Waals surface area contributed by atoms with Gasteiger partial charge in [0.25, 0.3) is 0 Å². The molecule has 0 amide bonds. The van der Waals surface area contributed by atoms with Crippen molar-refractivity contribution in [1.29, 1.82) is 0 Å². The second-order valence-electron chi connectivity index (χ2n) is 7.37. The molecule has 0 radical (unpaired) electrons. The molecule has 2 aliphatic rings. The molecule has 2 atom stereocenters. The van der Waals surface area contributed by atoms with Gasteiger partial charge in [-0.15, -0.1) is 0 Å². The molecule has 0 N–H and O–H groups in total. The van der Waals surface area contributed by atoms with Crippen molar-refractivity contribution in [2.24, 2.45) is 5.92 Å². The smallest absolute Gasteiger partial charge is 0.315 e. The van der Waals surface area contributed by atoms with Gasteiger partial charge in [-0.2, -0.15) is 0 Å². The number of halogens is 1. The summed E-state index contributed by atoms with van der Waals surface area (Å²) in [6.45, 7) is 0. The summed E-state index contributed by atoms with van der Waals surface area (Å²) in [5.41, 5.74) is 3.69. The number of ether oxygens (including phenoxy) is 1. The summed E-state index contributed by atoms with van der Waals surface area (Å²) in [6, 6.07) is 24.5. The molecular formula is C25H17ClO3. The summed E-state index contributed by atoms with van der Waals surface area (Å²) in [6.07, 6.45) is 0.483. The lowest BCUT2D eigenvalue weighted by Crippen LogP contribution is -2.33. The highest BCUT2D eigenvalue weighted by atomic mass is 35.5. The van der Waals surface area contributed by atoms with E-state index in [1.165, 1.54) is 0 Å². The highest BCUT2D eigenvalue weighted by Crippen LogP contribution is 2.49. The molecule has 0 spiro atoms. The minimum Gasteiger partial charge on any atom is -0.425 e. The van der Waals surface area contributed by atoms with Crippen LogP contribution in [0.25, 0.3) is 5.76 Å². The Morgan fingerprint density at radius 3 is 2.31 bits per heavy atom. The van der Waals surface area contributed by atoms with Gasteiger partial charge in [0.1, 0.15) is 5.76 Å². The highest BCUT2D eigenvalue weighted by molar-refractivity contribution is 6.30. The zero-order chi connectivity index (χ0) is 20.0. The fourth-order valence-electron chi connectivity index (χ4n) is 4.35. The summed E-state index contributed by atoms with van der Waals surface area (Å²) in [4.78, 5) is 26.4. The van der Waals surface area contributed by atoms with Crippen LogP contribution in [0.3, 0.4) is 0 Å². The Balaban J connectivity index is 1.68. The van der Waals surface area contributed by atoms with Crippen LogP contribution in [0.5, 0.6) is 0 Å². The topological polar surface area (TPSA) is 43.4 Å². The van der Waals surface area contributed by atoms with Crippen molar-refractivity contribution in [2.75, 3.05) is 0 Å². The maximum Gasteiger partial charge on any atom is 0.315 e. The van der Waals surface area contributed by atoms with E-state index >= 15 is 0 Å². The molecular weight excluding hydrogens is 384 g/mol. The van der Waals surface area contributed by atoms with Crippen LogP contribution < -0.4 is 0 Å². The van der Waals surface area contributed by atoms with Gasteiger partial charge in [-0.05, 0) is 29.7 Å². The van der Waals surface area contributed by atoms with Crippen molar-refractivity contribution in [3.63, 3.8) is 0 Å². The zero-order valence-electron chi connectivity index (χ0n) is 15.5. The first-order chi connectivity index (χ1) is 14.1. The predicted octanol–water partition coefficient (Wildman–Crippen LogP) is 5.45. The Morgan fingerprint density at radius 2 is 1.55 bits per heavy atom. The van der Waals surface area contributed by atoms with E-state index in [1.54, 1.807) is 12.1 Å². The lowest BCUT2D eigenvalue weighted by atomic mass is 9.75. The molecule has 1 heterocycles. The quantitative estimate of drug-likeness (QED) is 0.549. The molecule has 4 heteroatoms. The molecule has 1 aliphatic carbocycles. The van der Waals surface area contributed by atoms with Crippen molar-refractivity contribution >= 4 is 29.1 Å². The summed E-state index contributed by atoms with van der Waals surface area (Å²) in [5, 5.41) is 0.574. The molecule has 29 heavy (non-hydrogen) atoms. The molecule has 0 saturated heterocycles. The molecule has 0 fully saturated rings. The summed E-state index contributed by atoms with van der Waals surface area (Å²) in [7, 11) is 0. The first-order valence-electron chi connectivity index (χ1n) is 9.53. The van der Waals surface area contributed by atoms with Crippen LogP contribution in [0.1, 0.15) is 33.0 Å². The Kier molecular flexibility index (Phi) is 4.33. The van der Waals surface area contributed by atoms with Gasteiger partial charge >= 0.3 is 5.97 Å². The average molecular weight is 401 g/mol. The molecule has 0 unspecified atom stereocenters. The third-order valence-electron chi connectivity index (χ3n) is 5.63. The summed E-state index contributed by atoms with van der Waals surface area (Å²) >= 11 is 6.26. The number of hydrogen-bond donors (Lipinski definition) is 0. The number of benzene rings is 3. The van der Waals surface area contributed by atoms with Crippen molar-refractivity contribution in [3.05, 3.63) is 112 Å². The normalized spacial score (nSPS) is 20.3. The number of carbonyl (C=O) groups is 2. The van der Waals surface area contributed by atoms with Gasteiger partial charge in [0.2, 0.25) is 0 Å². The number of hydrogen-bond acceptors (Lipinski definition) is 3. The third kappa shape index (κ3) is 2.99. The Labute approximate surface area is 173 Å². The van der Waals surface area contributed by atoms with Crippen molar-refractivity contribution in [3.8, 4) is 0 Å². The average Bonchev–Trinajstić information content (AvgIpc) is 3.01. The second-order valence-corrected chi connectivity index (χ2v) is 7.80. The van der Waals surface area contributed by atoms with Crippen LogP contribution in [0.15, 0.2) is 84.4 Å². The van der Waals surface area contributed by atoms with E-state index in [1.807, 2.05) is 66.7 Å². The predicted molar refractivity (Wildman–Crippen MR) is 112 cm³/mol. The van der Waals surface area contributed by atoms with E-state index < -0.39 is 11.8 Å². The summed E-state index contributed by atoms with van der Waals surface area (Å²) < 4.78 is 5.76. The van der Waals surface area contributed by atoms with E-state index in [0.29, 0.717) is 33.9 Å². The molecule has 0 saturated carbocycles. The number of Topliss-reactive ketones (excluding diaryl/α,β-unsaturated/α-hetero) is 1. The first-order valence-corrected chi connectivity index (χ1v) is 9.90. The van der Waals surface area contributed by atoms with Gasteiger partial charge in [0, 0.05) is 22.1 Å². The number of esters is 1. The minimum absolute atomic E-state index is 0.0777. The van der Waals surface area contributed by atoms with Crippen LogP contribution >= 0.6 is 11.6 Å². The maximum absolute atomic E-state index is 13.3. The lowest BCUT2D eigenvalue weighted by molar-refractivity contribution is -0.142. The van der Waals surface area contributed by atoms with Crippen LogP contribution in [-0.4, -0.2) is 11.8 Å². The van der Waals surface area contributed by atoms with Crippen LogP contribution in [0.2, 0.25) is 5.02 Å². The number of rotatable bonds is 3. The van der Waals surface area contributed by atoms with E-state index in [0.717, 1.165) is 11.1 Å². The van der Waals surface area contributed by atoms with Gasteiger partial charge in [-0.25, -0.2) is 0 Å². The standard InChI is InChI=1S/C25H17ClO3/c26-17-10-6-9-16(14-17)21-20(13-15-7-2-1-3-8-15)25(28)29-24-19-12-5-4-11-18(19)23(27)22(21)24/h1-12,14,20-21H,13H2/t20-,21+/m0/s1. The van der Waals surface area contributed by atoms with Crippen LogP contribution in [-0.2, 0) is 16.0 Å². The molecule has 0 bridgehead atoms. The largest absolute Gasteiger partial charge is 0.425 e. The van der Waals surface area contributed by atoms with E-state index in [4.69, 9.17) is 16.3 Å². The molecule has 0 aromatic heterocycles. The van der Waals surface area contributed by atoms with Gasteiger partial charge in [0.15, 0.2) is 5.78 Å². The Morgan fingerprint density at radius 1 is 0.828 bits per heavy atom. The minimum atomic E-state index is -0.507. The van der Waals surface area contributed by atoms with Crippen molar-refractivity contribution < 1.29 is 14.3 Å². The zero-order valence-corrected chi connectivity index (χ0v) is 16.2. The Hall–Kier alpha value is -3.17. The SMILES string of the molecule is O=C1C2=C(OC(=O)[C@@H](Cc3ccccc3)[C@H]2c2cccc(Cl)c2)c2ccccc21. The molecule has 1 aliphatic heterocycles. The van der Waals surface area contributed by atoms with E-state index in [-0.39, 0.29) is 11.8 Å². The molecule has 3 nitrogen and oxygen atoms in total. The monoisotopic (exact) mass is 400 g/mol. The second kappa shape index (κ2) is 7.02. The summed E-state index contributed by atoms with van der Waals surface area (Å²) in [5.74, 6) is -0.920. The number of carbonyl (C=O) groups excluding carboxylic acids is 2. The van der Waals surface area contributed by atoms with Crippen molar-refractivity contribution in [2.45, 2.75) is 12.3 Å². The fraction of sp³-hybridized carbons (Fsp3) is 0.120. The maximum atomic E-state index is 13.3. The third-order valence-corrected chi connectivity index (χ3v) is 5.87. The van der Waals surface area contributed by atoms with Crippen molar-refractivity contribution in [1.82, 2.24) is 0 Å². The molecule has 142 valence electrons. The number of fused-ring (bicyclic) bond motifs is 2. The molecule has 3 aromatic rings. The Bertz CT molecular complexity index is 1160. The van der Waals surface area contributed by atoms with Gasteiger partial charge in [-0.3, -0.25) is 9.59 Å². The van der Waals surface area contributed by atoms with Gasteiger partial charge in [0.05, 0.1) is 11.5 Å². The van der Waals surface area contributed by atoms with E-state index in [2.05, 4.69) is 0 Å². The fourth-order valence-corrected chi connectivity index (χ4v) is 4.55. The first kappa shape index (κ1) is 17.9. The van der Waals surface area contributed by atoms with Crippen LogP contribution in [0.4, 0.5) is 0 Å². The highest BCUT2D eigenvalue weighted by Gasteiger charge is 2.47. The van der Waals surface area contributed by atoms with Crippen LogP contribution in [0, 0.1) is 5.92 Å². The molecule has 3 aromatic carbocycles. The lowest BCUT2D eigenvalue weighted by Gasteiger charge is -2.31. The van der Waals surface area contributed by atoms with Gasteiger partial charge < -0.3 is 4.74 Å². The van der Waals surface area contributed by atoms with E-state index in [9.17, 15) is 9.59 Å². The number of ketones is 1. The van der Waals surface area contributed by atoms with Gasteiger partial charge in [-0.1, -0.05) is 78.3 Å².